The Balaban J connectivity index is 1.97. The van der Waals surface area contributed by atoms with Crippen molar-refractivity contribution < 1.29 is 17.9 Å². The summed E-state index contributed by atoms with van der Waals surface area (Å²) >= 11 is 0. The second-order valence-corrected chi connectivity index (χ2v) is 6.75. The molecule has 0 amide bonds. The number of fused-ring (bicyclic) bond motifs is 1. The lowest BCUT2D eigenvalue weighted by Gasteiger charge is -2.15. The molecule has 1 heterocycles. The molecule has 0 fully saturated rings. The van der Waals surface area contributed by atoms with Crippen LogP contribution < -0.4 is 4.74 Å². The van der Waals surface area contributed by atoms with Crippen molar-refractivity contribution in [1.29, 1.82) is 0 Å². The minimum absolute atomic E-state index is 0.0504. The van der Waals surface area contributed by atoms with Crippen molar-refractivity contribution >= 4 is 11.0 Å². The summed E-state index contributed by atoms with van der Waals surface area (Å²) in [5.74, 6) is 1.35. The van der Waals surface area contributed by atoms with Gasteiger partial charge < -0.3 is 9.30 Å². The molecule has 0 radical (unpaired) electrons. The lowest BCUT2D eigenvalue weighted by atomic mass is 10.1. The Morgan fingerprint density at radius 1 is 1.08 bits per heavy atom. The van der Waals surface area contributed by atoms with Gasteiger partial charge in [-0.2, -0.15) is 13.2 Å². The number of benzene rings is 2. The first-order valence-electron chi connectivity index (χ1n) is 8.45. The van der Waals surface area contributed by atoms with Crippen LogP contribution in [-0.2, 0) is 12.8 Å². The summed E-state index contributed by atoms with van der Waals surface area (Å²) in [6.45, 7) is 8.10. The van der Waals surface area contributed by atoms with E-state index in [1.54, 1.807) is 0 Å². The van der Waals surface area contributed by atoms with Crippen molar-refractivity contribution in [2.45, 2.75) is 46.5 Å². The molecular weight excluding hydrogens is 341 g/mol. The van der Waals surface area contributed by atoms with Gasteiger partial charge in [-0.3, -0.25) is 0 Å². The predicted molar refractivity (Wildman–Crippen MR) is 95.4 cm³/mol. The highest BCUT2D eigenvalue weighted by atomic mass is 19.4. The van der Waals surface area contributed by atoms with Gasteiger partial charge in [-0.1, -0.05) is 17.7 Å². The molecule has 1 aromatic heterocycles. The maximum Gasteiger partial charge on any atom is 0.416 e. The predicted octanol–water partition coefficient (Wildman–Crippen LogP) is 5.83. The third-order valence-electron chi connectivity index (χ3n) is 4.29. The van der Waals surface area contributed by atoms with Gasteiger partial charge in [0, 0.05) is 6.04 Å². The second kappa shape index (κ2) is 6.67. The number of nitrogens with zero attached hydrogens (tertiary/aromatic N) is 2. The Kier molecular flexibility index (Phi) is 4.69. The van der Waals surface area contributed by atoms with Crippen molar-refractivity contribution in [1.82, 2.24) is 9.55 Å². The maximum absolute atomic E-state index is 13.0. The lowest BCUT2D eigenvalue weighted by Crippen LogP contribution is -2.09. The fraction of sp³-hybridized carbons (Fsp3) is 0.350. The molecule has 2 aromatic carbocycles. The first kappa shape index (κ1) is 18.3. The summed E-state index contributed by atoms with van der Waals surface area (Å²) in [4.78, 5) is 4.41. The van der Waals surface area contributed by atoms with E-state index in [4.69, 9.17) is 4.74 Å². The summed E-state index contributed by atoms with van der Waals surface area (Å²) in [5, 5.41) is 0. The average Bonchev–Trinajstić information content (AvgIpc) is 2.90. The molecule has 0 saturated carbocycles. The number of alkyl halides is 3. The normalized spacial score (nSPS) is 12.2. The Bertz CT molecular complexity index is 942. The van der Waals surface area contributed by atoms with E-state index < -0.39 is 11.7 Å². The van der Waals surface area contributed by atoms with Gasteiger partial charge in [0.1, 0.15) is 18.2 Å². The van der Waals surface area contributed by atoms with E-state index in [1.165, 1.54) is 6.07 Å². The number of ether oxygens (including phenoxy) is 1. The molecule has 26 heavy (non-hydrogen) atoms. The number of hydrogen-bond acceptors (Lipinski definition) is 2. The van der Waals surface area contributed by atoms with Crippen molar-refractivity contribution in [3.63, 3.8) is 0 Å². The number of halogens is 3. The Hall–Kier alpha value is -2.50. The standard InChI is InChI=1S/C20H21F3N2O/c1-12(2)25-17-7-6-15(20(21,22)23)10-16(17)24-19(25)11-26-18-8-5-13(3)9-14(18)4/h5-10,12H,11H2,1-4H3. The van der Waals surface area contributed by atoms with Gasteiger partial charge in [0.05, 0.1) is 16.6 Å². The van der Waals surface area contributed by atoms with Gasteiger partial charge in [0.2, 0.25) is 0 Å². The van der Waals surface area contributed by atoms with E-state index in [0.29, 0.717) is 16.9 Å². The lowest BCUT2D eigenvalue weighted by molar-refractivity contribution is -0.137. The molecule has 0 bridgehead atoms. The van der Waals surface area contributed by atoms with Crippen LogP contribution in [0.3, 0.4) is 0 Å². The zero-order valence-corrected chi connectivity index (χ0v) is 15.2. The smallest absolute Gasteiger partial charge is 0.416 e. The van der Waals surface area contributed by atoms with E-state index in [2.05, 4.69) is 4.98 Å². The molecule has 0 aliphatic heterocycles. The maximum atomic E-state index is 13.0. The Morgan fingerprint density at radius 2 is 1.81 bits per heavy atom. The minimum atomic E-state index is -4.38. The van der Waals surface area contributed by atoms with Crippen LogP contribution in [0.2, 0.25) is 0 Å². The van der Waals surface area contributed by atoms with Crippen LogP contribution >= 0.6 is 0 Å². The molecule has 6 heteroatoms. The van der Waals surface area contributed by atoms with Crippen LogP contribution in [0.5, 0.6) is 5.75 Å². The van der Waals surface area contributed by atoms with Crippen molar-refractivity contribution in [2.24, 2.45) is 0 Å². The van der Waals surface area contributed by atoms with Crippen molar-refractivity contribution in [3.8, 4) is 5.75 Å². The molecule has 3 rings (SSSR count). The molecule has 0 spiro atoms. The van der Waals surface area contributed by atoms with Crippen LogP contribution in [0.4, 0.5) is 13.2 Å². The van der Waals surface area contributed by atoms with Crippen LogP contribution in [-0.4, -0.2) is 9.55 Å². The number of rotatable bonds is 4. The van der Waals surface area contributed by atoms with Gasteiger partial charge in [0.25, 0.3) is 0 Å². The van der Waals surface area contributed by atoms with E-state index in [-0.39, 0.29) is 12.6 Å². The highest BCUT2D eigenvalue weighted by Crippen LogP contribution is 2.32. The summed E-state index contributed by atoms with van der Waals surface area (Å²) < 4.78 is 46.7. The Morgan fingerprint density at radius 3 is 2.42 bits per heavy atom. The third kappa shape index (κ3) is 3.54. The van der Waals surface area contributed by atoms with Gasteiger partial charge in [-0.15, -0.1) is 0 Å². The zero-order chi connectivity index (χ0) is 19.1. The molecular formula is C20H21F3N2O. The highest BCUT2D eigenvalue weighted by molar-refractivity contribution is 5.77. The Labute approximate surface area is 150 Å². The third-order valence-corrected chi connectivity index (χ3v) is 4.29. The highest BCUT2D eigenvalue weighted by Gasteiger charge is 2.31. The monoisotopic (exact) mass is 362 g/mol. The number of hydrogen-bond donors (Lipinski definition) is 0. The van der Waals surface area contributed by atoms with Crippen LogP contribution in [0.25, 0.3) is 11.0 Å². The van der Waals surface area contributed by atoms with Crippen molar-refractivity contribution in [3.05, 3.63) is 58.9 Å². The number of aryl methyl sites for hydroxylation is 2. The number of imidazole rings is 1. The van der Waals surface area contributed by atoms with Crippen LogP contribution in [0, 0.1) is 13.8 Å². The molecule has 3 nitrogen and oxygen atoms in total. The first-order chi connectivity index (χ1) is 12.2. The van der Waals surface area contributed by atoms with Gasteiger partial charge in [0.15, 0.2) is 0 Å². The van der Waals surface area contributed by atoms with Crippen LogP contribution in [0.1, 0.15) is 42.4 Å². The molecule has 0 atom stereocenters. The summed E-state index contributed by atoms with van der Waals surface area (Å²) in [6.07, 6.45) is -4.38. The molecule has 0 N–H and O–H groups in total. The zero-order valence-electron chi connectivity index (χ0n) is 15.2. The van der Waals surface area contributed by atoms with Crippen molar-refractivity contribution in [2.75, 3.05) is 0 Å². The summed E-state index contributed by atoms with van der Waals surface area (Å²) in [5.41, 5.74) is 2.46. The second-order valence-electron chi connectivity index (χ2n) is 6.75. The fourth-order valence-corrected chi connectivity index (χ4v) is 3.11. The fourth-order valence-electron chi connectivity index (χ4n) is 3.11. The molecule has 0 aliphatic carbocycles. The molecule has 3 aromatic rings. The van der Waals surface area contributed by atoms with Gasteiger partial charge in [-0.25, -0.2) is 4.98 Å². The van der Waals surface area contributed by atoms with Gasteiger partial charge >= 0.3 is 6.18 Å². The van der Waals surface area contributed by atoms with E-state index >= 15 is 0 Å². The quantitative estimate of drug-likeness (QED) is 0.584. The molecule has 0 saturated heterocycles. The van der Waals surface area contributed by atoms with Crippen LogP contribution in [0.15, 0.2) is 36.4 Å². The number of aromatic nitrogens is 2. The minimum Gasteiger partial charge on any atom is -0.485 e. The first-order valence-corrected chi connectivity index (χ1v) is 8.45. The van der Waals surface area contributed by atoms with E-state index in [1.807, 2.05) is 50.5 Å². The largest absolute Gasteiger partial charge is 0.485 e. The van der Waals surface area contributed by atoms with Gasteiger partial charge in [-0.05, 0) is 57.5 Å². The van der Waals surface area contributed by atoms with E-state index in [9.17, 15) is 13.2 Å². The topological polar surface area (TPSA) is 27.1 Å². The van der Waals surface area contributed by atoms with E-state index in [0.717, 1.165) is 29.0 Å². The average molecular weight is 362 g/mol. The molecule has 0 aliphatic rings. The summed E-state index contributed by atoms with van der Waals surface area (Å²) in [7, 11) is 0. The SMILES string of the molecule is Cc1ccc(OCc2nc3cc(C(F)(F)F)ccc3n2C(C)C)c(C)c1. The molecule has 138 valence electrons. The summed E-state index contributed by atoms with van der Waals surface area (Å²) in [6, 6.07) is 9.60. The molecule has 0 unspecified atom stereocenters.